The van der Waals surface area contributed by atoms with Gasteiger partial charge in [0.25, 0.3) is 5.91 Å². The summed E-state index contributed by atoms with van der Waals surface area (Å²) in [7, 11) is 0. The number of halogens is 1. The quantitative estimate of drug-likeness (QED) is 0.556. The van der Waals surface area contributed by atoms with Crippen LogP contribution < -0.4 is 4.90 Å². The van der Waals surface area contributed by atoms with E-state index in [1.165, 1.54) is 6.26 Å². The molecule has 2 aromatic carbocycles. The van der Waals surface area contributed by atoms with Gasteiger partial charge in [0.15, 0.2) is 5.76 Å². The number of amides is 2. The SMILES string of the molecule is O=C(c1ccco1)N1CCN(C2CC(=O)N(c3ccc(-c4ccc(SF)cc4)cc3)C2)CC1. The number of carbonyl (C=O) groups excluding carboxylic acids is 2. The Morgan fingerprint density at radius 3 is 2.21 bits per heavy atom. The van der Waals surface area contributed by atoms with E-state index in [2.05, 4.69) is 4.90 Å². The van der Waals surface area contributed by atoms with Crippen LogP contribution in [0.5, 0.6) is 0 Å². The maximum Gasteiger partial charge on any atom is 0.289 e. The average molecular weight is 466 g/mol. The van der Waals surface area contributed by atoms with Crippen LogP contribution in [0.3, 0.4) is 0 Å². The molecule has 2 amide bonds. The number of anilines is 1. The molecule has 2 saturated heterocycles. The Balaban J connectivity index is 1.19. The zero-order chi connectivity index (χ0) is 22.8. The molecule has 3 heterocycles. The Hall–Kier alpha value is -3.10. The summed E-state index contributed by atoms with van der Waals surface area (Å²) < 4.78 is 17.9. The molecule has 33 heavy (non-hydrogen) atoms. The summed E-state index contributed by atoms with van der Waals surface area (Å²) in [4.78, 5) is 31.8. The molecule has 0 bridgehead atoms. The van der Waals surface area contributed by atoms with Crippen LogP contribution in [0, 0.1) is 0 Å². The Bertz CT molecular complexity index is 1110. The highest BCUT2D eigenvalue weighted by atomic mass is 32.2. The van der Waals surface area contributed by atoms with Crippen molar-refractivity contribution in [1.29, 1.82) is 0 Å². The number of hydrogen-bond acceptors (Lipinski definition) is 5. The number of carbonyl (C=O) groups is 2. The molecule has 0 radical (unpaired) electrons. The molecule has 6 nitrogen and oxygen atoms in total. The van der Waals surface area contributed by atoms with E-state index in [4.69, 9.17) is 4.42 Å². The van der Waals surface area contributed by atoms with Crippen LogP contribution >= 0.6 is 12.1 Å². The summed E-state index contributed by atoms with van der Waals surface area (Å²) in [5.41, 5.74) is 2.91. The molecule has 0 saturated carbocycles. The van der Waals surface area contributed by atoms with Crippen LogP contribution in [-0.4, -0.2) is 60.4 Å². The molecule has 0 spiro atoms. The van der Waals surface area contributed by atoms with Crippen LogP contribution in [0.4, 0.5) is 9.57 Å². The van der Waals surface area contributed by atoms with Crippen molar-refractivity contribution in [2.45, 2.75) is 17.4 Å². The fourth-order valence-electron chi connectivity index (χ4n) is 4.56. The van der Waals surface area contributed by atoms with Gasteiger partial charge in [-0.1, -0.05) is 24.3 Å². The first-order chi connectivity index (χ1) is 16.1. The van der Waals surface area contributed by atoms with Crippen molar-refractivity contribution < 1.29 is 17.9 Å². The summed E-state index contributed by atoms with van der Waals surface area (Å²) in [6.07, 6.45) is 1.99. The van der Waals surface area contributed by atoms with Gasteiger partial charge >= 0.3 is 0 Å². The highest BCUT2D eigenvalue weighted by Crippen LogP contribution is 2.29. The lowest BCUT2D eigenvalue weighted by molar-refractivity contribution is -0.117. The fourth-order valence-corrected chi connectivity index (χ4v) is 4.80. The second-order valence-corrected chi connectivity index (χ2v) is 8.94. The predicted octanol–water partition coefficient (Wildman–Crippen LogP) is 4.49. The van der Waals surface area contributed by atoms with Gasteiger partial charge in [0, 0.05) is 55.8 Å². The first-order valence-electron chi connectivity index (χ1n) is 11.0. The first-order valence-corrected chi connectivity index (χ1v) is 11.7. The van der Waals surface area contributed by atoms with Gasteiger partial charge in [-0.3, -0.25) is 14.5 Å². The maximum atomic E-state index is 12.8. The number of rotatable bonds is 5. The molecule has 1 atom stereocenters. The minimum Gasteiger partial charge on any atom is -0.459 e. The number of hydrogen-bond donors (Lipinski definition) is 0. The van der Waals surface area contributed by atoms with E-state index in [1.807, 2.05) is 41.3 Å². The van der Waals surface area contributed by atoms with Crippen molar-refractivity contribution in [1.82, 2.24) is 9.80 Å². The monoisotopic (exact) mass is 465 g/mol. The van der Waals surface area contributed by atoms with E-state index in [-0.39, 0.29) is 30.0 Å². The van der Waals surface area contributed by atoms with Crippen molar-refractivity contribution in [2.75, 3.05) is 37.6 Å². The Kier molecular flexibility index (Phi) is 6.20. The highest BCUT2D eigenvalue weighted by Gasteiger charge is 2.36. The third-order valence-corrected chi connectivity index (χ3v) is 6.86. The van der Waals surface area contributed by atoms with Crippen LogP contribution in [0.25, 0.3) is 11.1 Å². The van der Waals surface area contributed by atoms with E-state index in [0.29, 0.717) is 36.7 Å². The topological polar surface area (TPSA) is 57.0 Å². The van der Waals surface area contributed by atoms with E-state index < -0.39 is 0 Å². The molecule has 0 aliphatic carbocycles. The Labute approximate surface area is 196 Å². The van der Waals surface area contributed by atoms with Crippen molar-refractivity contribution in [3.05, 3.63) is 72.7 Å². The van der Waals surface area contributed by atoms with Crippen LogP contribution in [0.1, 0.15) is 17.0 Å². The molecular weight excluding hydrogens is 441 g/mol. The summed E-state index contributed by atoms with van der Waals surface area (Å²) in [5, 5.41) is 0. The standard InChI is InChI=1S/C25H24FN3O3S/c26-33-22-9-5-19(6-10-22)18-3-7-20(8-4-18)29-17-21(16-24(29)30)27-11-13-28(14-12-27)25(31)23-2-1-15-32-23/h1-10,15,21H,11-14,16-17H2. The molecule has 2 aliphatic heterocycles. The van der Waals surface area contributed by atoms with E-state index >= 15 is 0 Å². The van der Waals surface area contributed by atoms with Gasteiger partial charge in [-0.15, -0.1) is 0 Å². The second kappa shape index (κ2) is 9.41. The molecular formula is C25H24FN3O3S. The lowest BCUT2D eigenvalue weighted by Gasteiger charge is -2.37. The average Bonchev–Trinajstić information content (AvgIpc) is 3.54. The lowest BCUT2D eigenvalue weighted by atomic mass is 10.1. The van der Waals surface area contributed by atoms with Gasteiger partial charge < -0.3 is 14.2 Å². The molecule has 2 aliphatic rings. The van der Waals surface area contributed by atoms with E-state index in [1.54, 1.807) is 29.2 Å². The lowest BCUT2D eigenvalue weighted by Crippen LogP contribution is -2.52. The minimum absolute atomic E-state index is 0.0815. The highest BCUT2D eigenvalue weighted by molar-refractivity contribution is 7.94. The summed E-state index contributed by atoms with van der Waals surface area (Å²) in [5.74, 6) is 0.402. The minimum atomic E-state index is -0.0815. The van der Waals surface area contributed by atoms with Gasteiger partial charge in [0.1, 0.15) is 0 Å². The van der Waals surface area contributed by atoms with Crippen LogP contribution in [-0.2, 0) is 4.79 Å². The normalized spacial score (nSPS) is 19.3. The molecule has 2 fully saturated rings. The predicted molar refractivity (Wildman–Crippen MR) is 126 cm³/mol. The third kappa shape index (κ3) is 4.54. The summed E-state index contributed by atoms with van der Waals surface area (Å²) in [6.45, 7) is 3.37. The zero-order valence-electron chi connectivity index (χ0n) is 18.0. The van der Waals surface area contributed by atoms with Crippen molar-refractivity contribution in [3.63, 3.8) is 0 Å². The molecule has 3 aromatic rings. The Morgan fingerprint density at radius 1 is 0.939 bits per heavy atom. The van der Waals surface area contributed by atoms with Crippen molar-refractivity contribution >= 4 is 29.6 Å². The van der Waals surface area contributed by atoms with Gasteiger partial charge in [-0.05, 0) is 47.5 Å². The molecule has 5 rings (SSSR count). The zero-order valence-corrected chi connectivity index (χ0v) is 18.8. The summed E-state index contributed by atoms with van der Waals surface area (Å²) in [6, 6.07) is 18.8. The second-order valence-electron chi connectivity index (χ2n) is 8.32. The number of furan rings is 1. The molecule has 1 aromatic heterocycles. The largest absolute Gasteiger partial charge is 0.459 e. The van der Waals surface area contributed by atoms with E-state index in [9.17, 15) is 13.5 Å². The summed E-state index contributed by atoms with van der Waals surface area (Å²) >= 11 is 0.233. The molecule has 170 valence electrons. The third-order valence-electron chi connectivity index (χ3n) is 6.41. The van der Waals surface area contributed by atoms with Gasteiger partial charge in [-0.2, -0.15) is 3.89 Å². The van der Waals surface area contributed by atoms with Crippen LogP contribution in [0.2, 0.25) is 0 Å². The van der Waals surface area contributed by atoms with Crippen molar-refractivity contribution in [3.8, 4) is 11.1 Å². The van der Waals surface area contributed by atoms with Gasteiger partial charge in [0.2, 0.25) is 5.91 Å². The number of benzene rings is 2. The maximum absolute atomic E-state index is 12.8. The molecule has 0 N–H and O–H groups in total. The smallest absolute Gasteiger partial charge is 0.289 e. The molecule has 8 heteroatoms. The van der Waals surface area contributed by atoms with Gasteiger partial charge in [-0.25, -0.2) is 0 Å². The fraction of sp³-hybridized carbons (Fsp3) is 0.280. The van der Waals surface area contributed by atoms with Gasteiger partial charge in [0.05, 0.1) is 18.4 Å². The number of piperazine rings is 1. The van der Waals surface area contributed by atoms with Crippen LogP contribution in [0.15, 0.2) is 76.2 Å². The van der Waals surface area contributed by atoms with E-state index in [0.717, 1.165) is 29.9 Å². The molecule has 1 unspecified atom stereocenters. The Morgan fingerprint density at radius 2 is 1.61 bits per heavy atom. The van der Waals surface area contributed by atoms with Crippen molar-refractivity contribution in [2.24, 2.45) is 0 Å². The number of nitrogens with zero attached hydrogens (tertiary/aromatic N) is 3. The first kappa shape index (κ1) is 21.7.